The second kappa shape index (κ2) is 7.77. The molecular formula is C18H19F2NO2S. The Morgan fingerprint density at radius 1 is 1.21 bits per heavy atom. The molecule has 0 saturated carbocycles. The van der Waals surface area contributed by atoms with Crippen LogP contribution in [0, 0.1) is 18.6 Å². The van der Waals surface area contributed by atoms with Gasteiger partial charge in [0.2, 0.25) is 5.91 Å². The summed E-state index contributed by atoms with van der Waals surface area (Å²) in [6.07, 6.45) is 0. The van der Waals surface area contributed by atoms with Gasteiger partial charge in [-0.3, -0.25) is 4.79 Å². The van der Waals surface area contributed by atoms with Gasteiger partial charge >= 0.3 is 0 Å². The summed E-state index contributed by atoms with van der Waals surface area (Å²) >= 11 is 1.37. The van der Waals surface area contributed by atoms with E-state index < -0.39 is 17.2 Å². The van der Waals surface area contributed by atoms with Crippen molar-refractivity contribution in [2.24, 2.45) is 0 Å². The third-order valence-electron chi connectivity index (χ3n) is 3.53. The predicted octanol–water partition coefficient (Wildman–Crippen LogP) is 3.39. The van der Waals surface area contributed by atoms with E-state index in [0.29, 0.717) is 6.07 Å². The number of hydrogen-bond donors (Lipinski definition) is 2. The summed E-state index contributed by atoms with van der Waals surface area (Å²) in [5, 5.41) is 12.9. The number of hydrogen-bond acceptors (Lipinski definition) is 3. The lowest BCUT2D eigenvalue weighted by atomic mass is 9.95. The minimum atomic E-state index is -1.62. The van der Waals surface area contributed by atoms with Gasteiger partial charge in [-0.15, -0.1) is 11.8 Å². The van der Waals surface area contributed by atoms with Gasteiger partial charge in [0.15, 0.2) is 0 Å². The molecule has 0 aliphatic heterocycles. The minimum Gasteiger partial charge on any atom is -0.383 e. The summed E-state index contributed by atoms with van der Waals surface area (Å²) in [6.45, 7) is 3.19. The van der Waals surface area contributed by atoms with E-state index in [4.69, 9.17) is 0 Å². The van der Waals surface area contributed by atoms with Gasteiger partial charge in [0, 0.05) is 16.5 Å². The molecule has 2 rings (SSSR count). The second-order valence-corrected chi connectivity index (χ2v) is 6.83. The molecule has 3 nitrogen and oxygen atoms in total. The molecule has 0 aliphatic carbocycles. The first-order chi connectivity index (χ1) is 11.3. The SMILES string of the molecule is Cc1ccc(SCC(=O)NCC(C)(O)c2ccc(F)cc2F)cc1. The first-order valence-electron chi connectivity index (χ1n) is 7.42. The van der Waals surface area contributed by atoms with Gasteiger partial charge in [-0.1, -0.05) is 23.8 Å². The van der Waals surface area contributed by atoms with E-state index in [9.17, 15) is 18.7 Å². The quantitative estimate of drug-likeness (QED) is 0.785. The van der Waals surface area contributed by atoms with Crippen molar-refractivity contribution in [3.63, 3.8) is 0 Å². The van der Waals surface area contributed by atoms with E-state index in [0.717, 1.165) is 16.5 Å². The van der Waals surface area contributed by atoms with Crippen LogP contribution in [0.3, 0.4) is 0 Å². The van der Waals surface area contributed by atoms with Crippen LogP contribution >= 0.6 is 11.8 Å². The van der Waals surface area contributed by atoms with Gasteiger partial charge in [0.05, 0.1) is 12.3 Å². The number of aliphatic hydroxyl groups is 1. The Hall–Kier alpha value is -1.92. The van der Waals surface area contributed by atoms with Crippen molar-refractivity contribution in [2.45, 2.75) is 24.3 Å². The lowest BCUT2D eigenvalue weighted by Crippen LogP contribution is -2.39. The third-order valence-corrected chi connectivity index (χ3v) is 4.54. The molecular weight excluding hydrogens is 332 g/mol. The largest absolute Gasteiger partial charge is 0.383 e. The molecule has 1 unspecified atom stereocenters. The molecule has 128 valence electrons. The zero-order valence-corrected chi connectivity index (χ0v) is 14.3. The third kappa shape index (κ3) is 5.04. The van der Waals surface area contributed by atoms with Crippen LogP contribution in [0.2, 0.25) is 0 Å². The highest BCUT2D eigenvalue weighted by Crippen LogP contribution is 2.24. The molecule has 1 amide bonds. The van der Waals surface area contributed by atoms with E-state index in [2.05, 4.69) is 5.32 Å². The Bertz CT molecular complexity index is 717. The molecule has 6 heteroatoms. The van der Waals surface area contributed by atoms with E-state index in [1.54, 1.807) is 0 Å². The Kier molecular flexibility index (Phi) is 5.96. The smallest absolute Gasteiger partial charge is 0.230 e. The normalized spacial score (nSPS) is 13.4. The fraction of sp³-hybridized carbons (Fsp3) is 0.278. The number of aryl methyl sites for hydroxylation is 1. The molecule has 0 aromatic heterocycles. The van der Waals surface area contributed by atoms with Crippen molar-refractivity contribution >= 4 is 17.7 Å². The molecule has 0 spiro atoms. The molecule has 0 radical (unpaired) electrons. The van der Waals surface area contributed by atoms with Crippen LogP contribution < -0.4 is 5.32 Å². The van der Waals surface area contributed by atoms with E-state index >= 15 is 0 Å². The first-order valence-corrected chi connectivity index (χ1v) is 8.40. The van der Waals surface area contributed by atoms with Crippen LogP contribution in [0.25, 0.3) is 0 Å². The Labute approximate surface area is 144 Å². The fourth-order valence-corrected chi connectivity index (χ4v) is 2.85. The van der Waals surface area contributed by atoms with Gasteiger partial charge in [0.1, 0.15) is 17.2 Å². The molecule has 24 heavy (non-hydrogen) atoms. The maximum atomic E-state index is 13.8. The molecule has 0 bridgehead atoms. The van der Waals surface area contributed by atoms with Crippen LogP contribution in [-0.2, 0) is 10.4 Å². The van der Waals surface area contributed by atoms with E-state index in [1.807, 2.05) is 31.2 Å². The highest BCUT2D eigenvalue weighted by molar-refractivity contribution is 8.00. The molecule has 0 saturated heterocycles. The standard InChI is InChI=1S/C18H19F2NO2S/c1-12-3-6-14(7-4-12)24-10-17(22)21-11-18(2,23)15-8-5-13(19)9-16(15)20/h3-9,23H,10-11H2,1-2H3,(H,21,22). The number of benzene rings is 2. The molecule has 2 N–H and O–H groups in total. The van der Waals surface area contributed by atoms with Crippen LogP contribution in [0.1, 0.15) is 18.1 Å². The molecule has 0 aliphatic rings. The van der Waals surface area contributed by atoms with Crippen LogP contribution in [0.15, 0.2) is 47.4 Å². The van der Waals surface area contributed by atoms with Gasteiger partial charge in [-0.25, -0.2) is 8.78 Å². The van der Waals surface area contributed by atoms with Crippen molar-refractivity contribution in [1.29, 1.82) is 0 Å². The van der Waals surface area contributed by atoms with Gasteiger partial charge in [0.25, 0.3) is 0 Å². The molecule has 0 fully saturated rings. The second-order valence-electron chi connectivity index (χ2n) is 5.78. The van der Waals surface area contributed by atoms with E-state index in [1.165, 1.54) is 24.8 Å². The van der Waals surface area contributed by atoms with E-state index in [-0.39, 0.29) is 23.8 Å². The Morgan fingerprint density at radius 3 is 2.50 bits per heavy atom. The Morgan fingerprint density at radius 2 is 1.88 bits per heavy atom. The molecule has 2 aromatic carbocycles. The van der Waals surface area contributed by atoms with Crippen LogP contribution in [-0.4, -0.2) is 23.3 Å². The first kappa shape index (κ1) is 18.4. The summed E-state index contributed by atoms with van der Waals surface area (Å²) < 4.78 is 26.7. The lowest BCUT2D eigenvalue weighted by Gasteiger charge is -2.24. The van der Waals surface area contributed by atoms with Gasteiger partial charge in [-0.05, 0) is 32.0 Å². The summed E-state index contributed by atoms with van der Waals surface area (Å²) in [5.74, 6) is -1.65. The number of halogens is 2. The van der Waals surface area contributed by atoms with Crippen molar-refractivity contribution in [3.8, 4) is 0 Å². The molecule has 2 aromatic rings. The molecule has 0 heterocycles. The van der Waals surface area contributed by atoms with Gasteiger partial charge in [-0.2, -0.15) is 0 Å². The highest BCUT2D eigenvalue weighted by atomic mass is 32.2. The number of rotatable bonds is 6. The lowest BCUT2D eigenvalue weighted by molar-refractivity contribution is -0.119. The molecule has 1 atom stereocenters. The summed E-state index contributed by atoms with van der Waals surface area (Å²) in [7, 11) is 0. The van der Waals surface area contributed by atoms with Gasteiger partial charge < -0.3 is 10.4 Å². The average Bonchev–Trinajstić information content (AvgIpc) is 2.52. The summed E-state index contributed by atoms with van der Waals surface area (Å²) in [4.78, 5) is 12.9. The number of carbonyl (C=O) groups is 1. The number of nitrogens with one attached hydrogen (secondary N) is 1. The number of thioether (sulfide) groups is 1. The number of carbonyl (C=O) groups excluding carboxylic acids is 1. The maximum Gasteiger partial charge on any atom is 0.230 e. The van der Waals surface area contributed by atoms with Crippen LogP contribution in [0.5, 0.6) is 0 Å². The summed E-state index contributed by atoms with van der Waals surface area (Å²) in [5.41, 5.74) is -0.543. The maximum absolute atomic E-state index is 13.8. The van der Waals surface area contributed by atoms with Crippen molar-refractivity contribution in [3.05, 3.63) is 65.2 Å². The topological polar surface area (TPSA) is 49.3 Å². The minimum absolute atomic E-state index is 0.0598. The van der Waals surface area contributed by atoms with Crippen molar-refractivity contribution in [1.82, 2.24) is 5.32 Å². The van der Waals surface area contributed by atoms with Crippen molar-refractivity contribution < 1.29 is 18.7 Å². The highest BCUT2D eigenvalue weighted by Gasteiger charge is 2.27. The predicted molar refractivity (Wildman–Crippen MR) is 90.8 cm³/mol. The van der Waals surface area contributed by atoms with Crippen molar-refractivity contribution in [2.75, 3.05) is 12.3 Å². The monoisotopic (exact) mass is 351 g/mol. The Balaban J connectivity index is 1.89. The fourth-order valence-electron chi connectivity index (χ4n) is 2.13. The number of amides is 1. The van der Waals surface area contributed by atoms with Crippen LogP contribution in [0.4, 0.5) is 8.78 Å². The zero-order chi connectivity index (χ0) is 17.7. The summed E-state index contributed by atoms with van der Waals surface area (Å²) in [6, 6.07) is 10.7. The zero-order valence-electron chi connectivity index (χ0n) is 13.5. The average molecular weight is 351 g/mol.